The number of unbranched alkanes of at least 4 members (excludes halogenated alkanes) is 2. The Bertz CT molecular complexity index is 336. The van der Waals surface area contributed by atoms with Crippen LogP contribution in [-0.4, -0.2) is 59.4 Å². The quantitative estimate of drug-likeness (QED) is 0.277. The molecule has 0 saturated carbocycles. The predicted molar refractivity (Wildman–Crippen MR) is 82.0 cm³/mol. The van der Waals surface area contributed by atoms with Gasteiger partial charge in [-0.05, 0) is 12.8 Å². The van der Waals surface area contributed by atoms with Crippen molar-refractivity contribution in [3.63, 3.8) is 0 Å². The van der Waals surface area contributed by atoms with Crippen molar-refractivity contribution < 1.29 is 29.4 Å². The highest BCUT2D eigenvalue weighted by molar-refractivity contribution is 5.66. The molecule has 0 aliphatic carbocycles. The summed E-state index contributed by atoms with van der Waals surface area (Å²) in [5, 5.41) is 28.9. The van der Waals surface area contributed by atoms with Gasteiger partial charge in [0.15, 0.2) is 0 Å². The third kappa shape index (κ3) is 10.3. The van der Waals surface area contributed by atoms with Crippen LogP contribution in [-0.2, 0) is 9.59 Å². The molecule has 0 saturated heterocycles. The standard InChI is InChI=1S/C16H29NO5/c1-2-3-4-5-6-7-10-17(13-14-18,11-8-15(19)20)12-9-16(21)22/h4-5,18H,2-3,6-14H2,1H3,(H-,19,20,21,22)/b5-4+. The fourth-order valence-corrected chi connectivity index (χ4v) is 2.49. The van der Waals surface area contributed by atoms with Crippen LogP contribution >= 0.6 is 0 Å². The van der Waals surface area contributed by atoms with Gasteiger partial charge in [-0.15, -0.1) is 0 Å². The molecule has 0 spiro atoms. The van der Waals surface area contributed by atoms with Crippen LogP contribution in [0.5, 0.6) is 0 Å². The lowest BCUT2D eigenvalue weighted by atomic mass is 10.1. The van der Waals surface area contributed by atoms with Crippen molar-refractivity contribution in [3.05, 3.63) is 12.2 Å². The highest BCUT2D eigenvalue weighted by Gasteiger charge is 2.27. The average Bonchev–Trinajstić information content (AvgIpc) is 2.46. The highest BCUT2D eigenvalue weighted by Crippen LogP contribution is 2.13. The van der Waals surface area contributed by atoms with Crippen LogP contribution in [0, 0.1) is 0 Å². The van der Waals surface area contributed by atoms with Crippen LogP contribution in [0.15, 0.2) is 12.2 Å². The number of nitrogens with zero attached hydrogens (tertiary/aromatic N) is 1. The highest BCUT2D eigenvalue weighted by atomic mass is 16.4. The molecule has 0 aromatic rings. The molecule has 0 rings (SSSR count). The molecular weight excluding hydrogens is 286 g/mol. The lowest BCUT2D eigenvalue weighted by molar-refractivity contribution is -0.927. The Hall–Kier alpha value is -1.40. The summed E-state index contributed by atoms with van der Waals surface area (Å²) in [7, 11) is 0. The topological polar surface area (TPSA) is 97.7 Å². The molecule has 0 bridgehead atoms. The van der Waals surface area contributed by atoms with Crippen molar-refractivity contribution in [1.29, 1.82) is 0 Å². The van der Waals surface area contributed by atoms with Crippen LogP contribution < -0.4 is 5.11 Å². The molecule has 2 N–H and O–H groups in total. The summed E-state index contributed by atoms with van der Waals surface area (Å²) < 4.78 is 0.318. The van der Waals surface area contributed by atoms with Crippen molar-refractivity contribution in [2.75, 3.05) is 32.8 Å². The van der Waals surface area contributed by atoms with E-state index in [1.165, 1.54) is 0 Å². The van der Waals surface area contributed by atoms with E-state index in [-0.39, 0.29) is 19.4 Å². The Kier molecular flexibility index (Phi) is 11.4. The van der Waals surface area contributed by atoms with E-state index in [1.54, 1.807) is 0 Å². The van der Waals surface area contributed by atoms with Crippen molar-refractivity contribution in [1.82, 2.24) is 0 Å². The number of carboxylic acid groups (broad SMARTS) is 2. The third-order valence-electron chi connectivity index (χ3n) is 3.79. The first kappa shape index (κ1) is 20.6. The zero-order valence-electron chi connectivity index (χ0n) is 13.5. The van der Waals surface area contributed by atoms with Gasteiger partial charge in [-0.25, -0.2) is 0 Å². The molecule has 0 aromatic carbocycles. The van der Waals surface area contributed by atoms with E-state index in [1.807, 2.05) is 0 Å². The van der Waals surface area contributed by atoms with E-state index >= 15 is 0 Å². The van der Waals surface area contributed by atoms with Gasteiger partial charge in [-0.3, -0.25) is 4.79 Å². The first-order chi connectivity index (χ1) is 10.5. The molecule has 0 aromatic heterocycles. The van der Waals surface area contributed by atoms with Crippen LogP contribution in [0.25, 0.3) is 0 Å². The van der Waals surface area contributed by atoms with E-state index in [0.29, 0.717) is 30.7 Å². The van der Waals surface area contributed by atoms with Gasteiger partial charge in [0.2, 0.25) is 0 Å². The van der Waals surface area contributed by atoms with Gasteiger partial charge in [0.05, 0.1) is 32.7 Å². The number of hydrogen-bond donors (Lipinski definition) is 2. The van der Waals surface area contributed by atoms with E-state index in [2.05, 4.69) is 19.1 Å². The molecule has 0 aliphatic heterocycles. The zero-order chi connectivity index (χ0) is 16.8. The van der Waals surface area contributed by atoms with Gasteiger partial charge in [0.25, 0.3) is 0 Å². The van der Waals surface area contributed by atoms with Gasteiger partial charge in [0.1, 0.15) is 6.54 Å². The summed E-state index contributed by atoms with van der Waals surface area (Å²) in [5.41, 5.74) is 0. The molecule has 0 heterocycles. The third-order valence-corrected chi connectivity index (χ3v) is 3.79. The number of aliphatic carboxylic acids is 2. The normalized spacial score (nSPS) is 14.1. The number of quaternary nitrogens is 1. The lowest BCUT2D eigenvalue weighted by Crippen LogP contribution is -2.53. The number of rotatable bonds is 14. The molecule has 22 heavy (non-hydrogen) atoms. The second-order valence-corrected chi connectivity index (χ2v) is 5.63. The zero-order valence-corrected chi connectivity index (χ0v) is 13.5. The second-order valence-electron chi connectivity index (χ2n) is 5.63. The molecule has 0 amide bonds. The molecular formula is C16H29NO5. The molecule has 0 fully saturated rings. The van der Waals surface area contributed by atoms with E-state index in [0.717, 1.165) is 25.7 Å². The monoisotopic (exact) mass is 315 g/mol. The Morgan fingerprint density at radius 1 is 1.05 bits per heavy atom. The Morgan fingerprint density at radius 3 is 2.23 bits per heavy atom. The minimum absolute atomic E-state index is 0.0290. The summed E-state index contributed by atoms with van der Waals surface area (Å²) in [6.07, 6.45) is 7.94. The van der Waals surface area contributed by atoms with Crippen molar-refractivity contribution >= 4 is 11.9 Å². The SMILES string of the molecule is CCC/C=C/CCC[N+](CCO)(CCC(=O)[O-])CCC(=O)O. The van der Waals surface area contributed by atoms with Gasteiger partial charge < -0.3 is 24.6 Å². The molecule has 6 heteroatoms. The first-order valence-electron chi connectivity index (χ1n) is 7.98. The maximum atomic E-state index is 10.8. The van der Waals surface area contributed by atoms with Gasteiger partial charge in [0, 0.05) is 18.8 Å². The van der Waals surface area contributed by atoms with E-state index in [4.69, 9.17) is 5.11 Å². The fraction of sp³-hybridized carbons (Fsp3) is 0.750. The number of aliphatic hydroxyl groups is 1. The number of carbonyl (C=O) groups is 2. The Morgan fingerprint density at radius 2 is 1.68 bits per heavy atom. The summed E-state index contributed by atoms with van der Waals surface area (Å²) in [5.74, 6) is -2.05. The summed E-state index contributed by atoms with van der Waals surface area (Å²) >= 11 is 0. The number of allylic oxidation sites excluding steroid dienone is 2. The molecule has 0 aliphatic rings. The van der Waals surface area contributed by atoms with Gasteiger partial charge >= 0.3 is 5.97 Å². The Balaban J connectivity index is 4.61. The number of hydrogen-bond acceptors (Lipinski definition) is 4. The molecule has 128 valence electrons. The van der Waals surface area contributed by atoms with Crippen LogP contribution in [0.3, 0.4) is 0 Å². The van der Waals surface area contributed by atoms with E-state index < -0.39 is 11.9 Å². The fourth-order valence-electron chi connectivity index (χ4n) is 2.49. The van der Waals surface area contributed by atoms with Gasteiger partial charge in [-0.1, -0.05) is 25.5 Å². The minimum atomic E-state index is -1.14. The lowest BCUT2D eigenvalue weighted by Gasteiger charge is -2.38. The van der Waals surface area contributed by atoms with Gasteiger partial charge in [-0.2, -0.15) is 0 Å². The van der Waals surface area contributed by atoms with Crippen LogP contribution in [0.1, 0.15) is 45.4 Å². The molecule has 1 atom stereocenters. The largest absolute Gasteiger partial charge is 0.550 e. The van der Waals surface area contributed by atoms with Crippen LogP contribution in [0.2, 0.25) is 0 Å². The number of carbonyl (C=O) groups excluding carboxylic acids is 1. The van der Waals surface area contributed by atoms with Crippen molar-refractivity contribution in [2.24, 2.45) is 0 Å². The number of carboxylic acids is 2. The maximum absolute atomic E-state index is 10.8. The summed E-state index contributed by atoms with van der Waals surface area (Å²) in [6, 6.07) is 0. The number of aliphatic hydroxyl groups excluding tert-OH is 1. The van der Waals surface area contributed by atoms with E-state index in [9.17, 15) is 19.8 Å². The molecule has 0 radical (unpaired) electrons. The van der Waals surface area contributed by atoms with Crippen molar-refractivity contribution in [3.8, 4) is 0 Å². The summed E-state index contributed by atoms with van der Waals surface area (Å²) in [6.45, 7) is 3.70. The average molecular weight is 315 g/mol. The van der Waals surface area contributed by atoms with Crippen molar-refractivity contribution in [2.45, 2.75) is 45.4 Å². The van der Waals surface area contributed by atoms with Crippen LogP contribution in [0.4, 0.5) is 0 Å². The molecule has 6 nitrogen and oxygen atoms in total. The summed E-state index contributed by atoms with van der Waals surface area (Å²) in [4.78, 5) is 21.5. The smallest absolute Gasteiger partial charge is 0.309 e. The first-order valence-corrected chi connectivity index (χ1v) is 7.98. The maximum Gasteiger partial charge on any atom is 0.309 e. The predicted octanol–water partition coefficient (Wildman–Crippen LogP) is 0.547. The second kappa shape index (κ2) is 12.2. The molecule has 1 unspecified atom stereocenters. The minimum Gasteiger partial charge on any atom is -0.550 e. The Labute approximate surface area is 132 Å².